The number of nitrogens with one attached hydrogen (secondary N) is 1. The number of benzene rings is 1. The highest BCUT2D eigenvalue weighted by Crippen LogP contribution is 2.60. The molecule has 2 atom stereocenters. The maximum Gasteiger partial charge on any atom is 0.410 e. The summed E-state index contributed by atoms with van der Waals surface area (Å²) in [5, 5.41) is 3.45. The van der Waals surface area contributed by atoms with Crippen LogP contribution in [0.2, 0.25) is 0 Å². The molecule has 1 amide bonds. The first-order valence-corrected chi connectivity index (χ1v) is 13.2. The largest absolute Gasteiger partial charge is 0.449 e. The molecule has 0 aromatic heterocycles. The van der Waals surface area contributed by atoms with Crippen LogP contribution in [0.15, 0.2) is 18.2 Å². The minimum Gasteiger partial charge on any atom is -0.449 e. The summed E-state index contributed by atoms with van der Waals surface area (Å²) in [5.74, 6) is 3.32. The smallest absolute Gasteiger partial charge is 0.410 e. The number of likely N-dealkylation sites (tertiary alicyclic amines) is 1. The molecule has 4 saturated carbocycles. The summed E-state index contributed by atoms with van der Waals surface area (Å²) in [5.41, 5.74) is 4.48. The first kappa shape index (κ1) is 19.7. The molecule has 8 rings (SSSR count). The molecule has 1 aromatic rings. The predicted octanol–water partition coefficient (Wildman–Crippen LogP) is 4.68. The van der Waals surface area contributed by atoms with Crippen molar-refractivity contribution in [3.63, 3.8) is 0 Å². The lowest BCUT2D eigenvalue weighted by molar-refractivity contribution is -0.0865. The molecule has 5 aliphatic carbocycles. The number of nitrogens with zero attached hydrogens (tertiary/aromatic N) is 2. The number of carbonyl (C=O) groups is 1. The Morgan fingerprint density at radius 2 is 1.69 bits per heavy atom. The maximum absolute atomic E-state index is 13.4. The highest BCUT2D eigenvalue weighted by Gasteiger charge is 2.52. The van der Waals surface area contributed by atoms with Crippen molar-refractivity contribution in [2.75, 3.05) is 44.2 Å². The molecule has 7 aliphatic rings. The van der Waals surface area contributed by atoms with Gasteiger partial charge in [-0.05, 0) is 98.3 Å². The van der Waals surface area contributed by atoms with E-state index in [1.165, 1.54) is 55.3 Å². The average Bonchev–Trinajstić information content (AvgIpc) is 3.08. The summed E-state index contributed by atoms with van der Waals surface area (Å²) in [6, 6.07) is 7.24. The number of ether oxygens (including phenoxy) is 1. The second kappa shape index (κ2) is 7.38. The van der Waals surface area contributed by atoms with Crippen molar-refractivity contribution in [3.05, 3.63) is 29.3 Å². The van der Waals surface area contributed by atoms with Crippen molar-refractivity contribution in [2.24, 2.45) is 23.2 Å². The Balaban J connectivity index is 1.07. The van der Waals surface area contributed by atoms with E-state index in [0.29, 0.717) is 17.9 Å². The van der Waals surface area contributed by atoms with Crippen LogP contribution in [0, 0.1) is 23.2 Å². The van der Waals surface area contributed by atoms with Gasteiger partial charge in [-0.1, -0.05) is 6.07 Å². The van der Waals surface area contributed by atoms with Gasteiger partial charge in [-0.3, -0.25) is 0 Å². The zero-order chi connectivity index (χ0) is 21.3. The Morgan fingerprint density at radius 3 is 2.41 bits per heavy atom. The lowest BCUT2D eigenvalue weighted by Gasteiger charge is -2.56. The number of piperidine rings is 1. The van der Waals surface area contributed by atoms with Gasteiger partial charge in [-0.25, -0.2) is 4.79 Å². The maximum atomic E-state index is 13.4. The second-order valence-corrected chi connectivity index (χ2v) is 12.0. The summed E-state index contributed by atoms with van der Waals surface area (Å²) in [7, 11) is 0. The molecule has 5 heteroatoms. The van der Waals surface area contributed by atoms with E-state index in [4.69, 9.17) is 4.74 Å². The Bertz CT molecular complexity index is 873. The van der Waals surface area contributed by atoms with E-state index in [9.17, 15) is 4.79 Å². The van der Waals surface area contributed by atoms with Crippen molar-refractivity contribution >= 4 is 11.8 Å². The van der Waals surface area contributed by atoms with Crippen LogP contribution in [-0.4, -0.2) is 50.3 Å². The van der Waals surface area contributed by atoms with Crippen LogP contribution in [0.1, 0.15) is 74.5 Å². The minimum atomic E-state index is -0.0513. The van der Waals surface area contributed by atoms with Gasteiger partial charge in [0, 0.05) is 43.8 Å². The quantitative estimate of drug-likeness (QED) is 0.749. The zero-order valence-electron chi connectivity index (χ0n) is 19.2. The van der Waals surface area contributed by atoms with E-state index >= 15 is 0 Å². The van der Waals surface area contributed by atoms with Gasteiger partial charge in [-0.2, -0.15) is 0 Å². The molecule has 6 bridgehead atoms. The number of piperazine rings is 1. The molecule has 0 radical (unpaired) electrons. The van der Waals surface area contributed by atoms with E-state index in [0.717, 1.165) is 63.3 Å². The Morgan fingerprint density at radius 1 is 0.969 bits per heavy atom. The first-order chi connectivity index (χ1) is 15.7. The van der Waals surface area contributed by atoms with Crippen molar-refractivity contribution < 1.29 is 9.53 Å². The van der Waals surface area contributed by atoms with E-state index in [1.807, 2.05) is 0 Å². The van der Waals surface area contributed by atoms with Gasteiger partial charge >= 0.3 is 6.09 Å². The molecular formula is C27H37N3O2. The van der Waals surface area contributed by atoms with Crippen LogP contribution in [0.25, 0.3) is 0 Å². The zero-order valence-corrected chi connectivity index (χ0v) is 19.2. The highest BCUT2D eigenvalue weighted by atomic mass is 16.6. The fourth-order valence-electron chi connectivity index (χ4n) is 8.87. The normalized spacial score (nSPS) is 39.3. The minimum absolute atomic E-state index is 0.0513. The lowest BCUT2D eigenvalue weighted by Crippen LogP contribution is -2.49. The third-order valence-electron chi connectivity index (χ3n) is 9.86. The molecular weight excluding hydrogens is 398 g/mol. The first-order valence-electron chi connectivity index (χ1n) is 13.2. The summed E-state index contributed by atoms with van der Waals surface area (Å²) in [4.78, 5) is 17.9. The Kier molecular flexibility index (Phi) is 4.54. The molecule has 6 fully saturated rings. The summed E-state index contributed by atoms with van der Waals surface area (Å²) >= 11 is 0. The molecule has 172 valence electrons. The van der Waals surface area contributed by atoms with E-state index in [2.05, 4.69) is 33.3 Å². The lowest BCUT2D eigenvalue weighted by atomic mass is 9.50. The summed E-state index contributed by atoms with van der Waals surface area (Å²) in [6.07, 6.45) is 10.3. The molecule has 2 saturated heterocycles. The van der Waals surface area contributed by atoms with Crippen LogP contribution < -0.4 is 10.2 Å². The number of anilines is 1. The predicted molar refractivity (Wildman–Crippen MR) is 125 cm³/mol. The van der Waals surface area contributed by atoms with Crippen molar-refractivity contribution in [1.82, 2.24) is 10.2 Å². The number of hydrogen-bond acceptors (Lipinski definition) is 4. The third kappa shape index (κ3) is 3.18. The SMILES string of the molecule is O=C(OCC12CC3CC(CC(C3)C1)C2)N1CCC2C[C@H]1c1cc(N3CCNCC3)ccc12. The Labute approximate surface area is 191 Å². The molecule has 5 nitrogen and oxygen atoms in total. The average molecular weight is 436 g/mol. The van der Waals surface area contributed by atoms with E-state index in [1.54, 1.807) is 0 Å². The second-order valence-electron chi connectivity index (χ2n) is 12.0. The van der Waals surface area contributed by atoms with Gasteiger partial charge < -0.3 is 19.9 Å². The van der Waals surface area contributed by atoms with Gasteiger partial charge in [0.15, 0.2) is 0 Å². The molecule has 0 spiro atoms. The highest BCUT2D eigenvalue weighted by molar-refractivity contribution is 5.70. The molecule has 1 unspecified atom stereocenters. The Hall–Kier alpha value is -1.75. The number of amides is 1. The number of carbonyl (C=O) groups excluding carboxylic acids is 1. The number of fused-ring (bicyclic) bond motifs is 5. The van der Waals surface area contributed by atoms with Crippen LogP contribution in [0.3, 0.4) is 0 Å². The van der Waals surface area contributed by atoms with Gasteiger partial charge in [0.25, 0.3) is 0 Å². The fourth-order valence-corrected chi connectivity index (χ4v) is 8.87. The van der Waals surface area contributed by atoms with Crippen molar-refractivity contribution in [2.45, 2.75) is 63.3 Å². The van der Waals surface area contributed by atoms with Crippen LogP contribution >= 0.6 is 0 Å². The molecule has 2 aliphatic heterocycles. The van der Waals surface area contributed by atoms with Crippen molar-refractivity contribution in [3.8, 4) is 0 Å². The van der Waals surface area contributed by atoms with Crippen LogP contribution in [0.4, 0.5) is 10.5 Å². The van der Waals surface area contributed by atoms with Crippen molar-refractivity contribution in [1.29, 1.82) is 0 Å². The number of hydrogen-bond donors (Lipinski definition) is 1. The van der Waals surface area contributed by atoms with Gasteiger partial charge in [0.1, 0.15) is 0 Å². The van der Waals surface area contributed by atoms with Gasteiger partial charge in [-0.15, -0.1) is 0 Å². The summed E-state index contributed by atoms with van der Waals surface area (Å²) < 4.78 is 6.15. The number of rotatable bonds is 3. The van der Waals surface area contributed by atoms with Gasteiger partial charge in [0.05, 0.1) is 12.6 Å². The summed E-state index contributed by atoms with van der Waals surface area (Å²) in [6.45, 7) is 5.72. The molecule has 2 heterocycles. The van der Waals surface area contributed by atoms with E-state index < -0.39 is 0 Å². The van der Waals surface area contributed by atoms with Crippen LogP contribution in [0.5, 0.6) is 0 Å². The third-order valence-corrected chi connectivity index (χ3v) is 9.86. The topological polar surface area (TPSA) is 44.8 Å². The fraction of sp³-hybridized carbons (Fsp3) is 0.741. The standard InChI is InChI=1S/C27H37N3O2/c31-26(32-17-27-14-18-9-19(15-27)11-20(10-18)16-27)30-6-3-21-12-25(30)24-13-22(1-2-23(21)24)29-7-4-28-5-8-29/h1-2,13,18-21,25,28H,3-12,14-17H2/t18?,19?,20?,21?,25-,27?/m0/s1. The van der Waals surface area contributed by atoms with E-state index in [-0.39, 0.29) is 12.1 Å². The monoisotopic (exact) mass is 435 g/mol. The molecule has 1 aromatic carbocycles. The molecule has 1 N–H and O–H groups in total. The molecule has 32 heavy (non-hydrogen) atoms. The van der Waals surface area contributed by atoms with Crippen LogP contribution in [-0.2, 0) is 4.74 Å². The van der Waals surface area contributed by atoms with Gasteiger partial charge in [0.2, 0.25) is 0 Å².